The van der Waals surface area contributed by atoms with Crippen molar-refractivity contribution in [3.8, 4) is 0 Å². The van der Waals surface area contributed by atoms with Crippen LogP contribution in [0, 0.1) is 0 Å². The molecular formula is C13H25ClN2O2. The minimum Gasteiger partial charge on any atom is -0.375 e. The van der Waals surface area contributed by atoms with Gasteiger partial charge in [0, 0.05) is 25.2 Å². The van der Waals surface area contributed by atoms with Gasteiger partial charge in [-0.25, -0.2) is 0 Å². The average Bonchev–Trinajstić information content (AvgIpc) is 2.30. The number of piperidine rings is 1. The zero-order valence-electron chi connectivity index (χ0n) is 11.4. The molecule has 2 aliphatic rings. The van der Waals surface area contributed by atoms with E-state index in [1.165, 1.54) is 6.42 Å². The van der Waals surface area contributed by atoms with Crippen molar-refractivity contribution in [2.75, 3.05) is 19.7 Å². The molecule has 106 valence electrons. The van der Waals surface area contributed by atoms with Crippen LogP contribution in [0.1, 0.15) is 39.5 Å². The van der Waals surface area contributed by atoms with Gasteiger partial charge in [0.1, 0.15) is 0 Å². The van der Waals surface area contributed by atoms with Gasteiger partial charge in [0.15, 0.2) is 0 Å². The van der Waals surface area contributed by atoms with Gasteiger partial charge in [-0.3, -0.25) is 4.79 Å². The molecule has 4 nitrogen and oxygen atoms in total. The number of amides is 1. The number of nitrogens with zero attached hydrogens (tertiary/aromatic N) is 1. The Morgan fingerprint density at radius 3 is 2.56 bits per heavy atom. The number of nitrogens with one attached hydrogen (secondary N) is 1. The van der Waals surface area contributed by atoms with Gasteiger partial charge >= 0.3 is 0 Å². The summed E-state index contributed by atoms with van der Waals surface area (Å²) in [6.07, 6.45) is 4.12. The van der Waals surface area contributed by atoms with E-state index >= 15 is 0 Å². The Hall–Kier alpha value is -0.320. The van der Waals surface area contributed by atoms with Gasteiger partial charge in [0.2, 0.25) is 5.91 Å². The fourth-order valence-electron chi connectivity index (χ4n) is 2.96. The Morgan fingerprint density at radius 2 is 2.00 bits per heavy atom. The number of morpholine rings is 1. The Morgan fingerprint density at radius 1 is 1.33 bits per heavy atom. The Kier molecular flexibility index (Phi) is 6.39. The van der Waals surface area contributed by atoms with Crippen molar-refractivity contribution in [2.24, 2.45) is 0 Å². The third-order valence-electron chi connectivity index (χ3n) is 3.89. The number of rotatable bonds is 2. The number of halogens is 1. The second kappa shape index (κ2) is 7.31. The first-order chi connectivity index (χ1) is 8.18. The van der Waals surface area contributed by atoms with E-state index in [0.29, 0.717) is 18.5 Å². The van der Waals surface area contributed by atoms with E-state index in [1.54, 1.807) is 0 Å². The van der Waals surface area contributed by atoms with Gasteiger partial charge in [-0.1, -0.05) is 0 Å². The zero-order chi connectivity index (χ0) is 12.3. The topological polar surface area (TPSA) is 41.6 Å². The van der Waals surface area contributed by atoms with E-state index in [2.05, 4.69) is 24.1 Å². The summed E-state index contributed by atoms with van der Waals surface area (Å²) in [7, 11) is 0. The maximum absolute atomic E-state index is 12.3. The molecule has 0 aromatic heterocycles. The van der Waals surface area contributed by atoms with Crippen LogP contribution in [0.5, 0.6) is 0 Å². The molecule has 2 saturated heterocycles. The van der Waals surface area contributed by atoms with Gasteiger partial charge in [0.25, 0.3) is 0 Å². The summed E-state index contributed by atoms with van der Waals surface area (Å²) in [5.41, 5.74) is 0. The predicted octanol–water partition coefficient (Wildman–Crippen LogP) is 1.58. The van der Waals surface area contributed by atoms with Gasteiger partial charge in [0.05, 0.1) is 19.1 Å². The summed E-state index contributed by atoms with van der Waals surface area (Å²) in [6, 6.07) is 0.783. The standard InChI is InChI=1S/C13H24N2O2.ClH/c1-10-4-3-5-11(2)15(10)13(16)8-12-9-14-6-7-17-12;/h10-12,14H,3-9H2,1-2H3;1H. The lowest BCUT2D eigenvalue weighted by atomic mass is 9.96. The van der Waals surface area contributed by atoms with Gasteiger partial charge in [-0.2, -0.15) is 0 Å². The molecule has 0 aromatic rings. The summed E-state index contributed by atoms with van der Waals surface area (Å²) in [5.74, 6) is 0.262. The molecule has 18 heavy (non-hydrogen) atoms. The molecule has 3 atom stereocenters. The Balaban J connectivity index is 0.00000162. The molecule has 2 rings (SSSR count). The number of ether oxygens (including phenoxy) is 1. The Labute approximate surface area is 116 Å². The van der Waals surface area contributed by atoms with Gasteiger partial charge < -0.3 is 15.0 Å². The van der Waals surface area contributed by atoms with Gasteiger partial charge in [-0.15, -0.1) is 12.4 Å². The first kappa shape index (κ1) is 15.7. The second-order valence-corrected chi connectivity index (χ2v) is 5.33. The van der Waals surface area contributed by atoms with Crippen molar-refractivity contribution < 1.29 is 9.53 Å². The summed E-state index contributed by atoms with van der Waals surface area (Å²) < 4.78 is 5.60. The fourth-order valence-corrected chi connectivity index (χ4v) is 2.96. The normalized spacial score (nSPS) is 32.8. The van der Waals surface area contributed by atoms with Crippen molar-refractivity contribution >= 4 is 18.3 Å². The lowest BCUT2D eigenvalue weighted by Gasteiger charge is -2.40. The zero-order valence-corrected chi connectivity index (χ0v) is 12.2. The van der Waals surface area contributed by atoms with Crippen LogP contribution in [0.15, 0.2) is 0 Å². The molecule has 0 aliphatic carbocycles. The molecule has 0 bridgehead atoms. The van der Waals surface area contributed by atoms with E-state index in [9.17, 15) is 4.79 Å². The van der Waals surface area contributed by atoms with E-state index < -0.39 is 0 Å². The molecule has 0 saturated carbocycles. The minimum absolute atomic E-state index is 0. The number of carbonyl (C=O) groups excluding carboxylic acids is 1. The van der Waals surface area contributed by atoms with Crippen LogP contribution < -0.4 is 5.32 Å². The van der Waals surface area contributed by atoms with Crippen molar-refractivity contribution in [3.63, 3.8) is 0 Å². The van der Waals surface area contributed by atoms with Crippen molar-refractivity contribution in [3.05, 3.63) is 0 Å². The fraction of sp³-hybridized carbons (Fsp3) is 0.923. The quantitative estimate of drug-likeness (QED) is 0.833. The summed E-state index contributed by atoms with van der Waals surface area (Å²) in [4.78, 5) is 14.4. The molecule has 2 fully saturated rings. The molecular weight excluding hydrogens is 252 g/mol. The molecule has 3 unspecified atom stereocenters. The summed E-state index contributed by atoms with van der Waals surface area (Å²) in [5, 5.41) is 3.27. The van der Waals surface area contributed by atoms with E-state index in [4.69, 9.17) is 4.74 Å². The molecule has 0 aromatic carbocycles. The third kappa shape index (κ3) is 3.84. The van der Waals surface area contributed by atoms with E-state index in [-0.39, 0.29) is 24.4 Å². The molecule has 0 spiro atoms. The molecule has 1 amide bonds. The van der Waals surface area contributed by atoms with Crippen LogP contribution in [0.4, 0.5) is 0 Å². The number of carbonyl (C=O) groups is 1. The molecule has 0 radical (unpaired) electrons. The van der Waals surface area contributed by atoms with E-state index in [0.717, 1.165) is 32.5 Å². The highest BCUT2D eigenvalue weighted by Crippen LogP contribution is 2.23. The second-order valence-electron chi connectivity index (χ2n) is 5.33. The van der Waals surface area contributed by atoms with Crippen molar-refractivity contribution in [1.82, 2.24) is 10.2 Å². The SMILES string of the molecule is CC1CCCC(C)N1C(=O)CC1CNCCO1.Cl. The molecule has 5 heteroatoms. The summed E-state index contributed by atoms with van der Waals surface area (Å²) >= 11 is 0. The van der Waals surface area contributed by atoms with Crippen LogP contribution in [-0.2, 0) is 9.53 Å². The molecule has 1 N–H and O–H groups in total. The van der Waals surface area contributed by atoms with Crippen LogP contribution in [0.3, 0.4) is 0 Å². The molecule has 2 heterocycles. The van der Waals surface area contributed by atoms with Crippen LogP contribution in [0.25, 0.3) is 0 Å². The largest absolute Gasteiger partial charge is 0.375 e. The Bertz CT molecular complexity index is 260. The number of likely N-dealkylation sites (tertiary alicyclic amines) is 1. The van der Waals surface area contributed by atoms with Crippen LogP contribution in [-0.4, -0.2) is 48.7 Å². The monoisotopic (exact) mass is 276 g/mol. The van der Waals surface area contributed by atoms with Crippen LogP contribution >= 0.6 is 12.4 Å². The average molecular weight is 277 g/mol. The maximum Gasteiger partial charge on any atom is 0.225 e. The summed E-state index contributed by atoms with van der Waals surface area (Å²) in [6.45, 7) is 6.76. The lowest BCUT2D eigenvalue weighted by Crippen LogP contribution is -2.50. The number of hydrogen-bond donors (Lipinski definition) is 1. The van der Waals surface area contributed by atoms with Gasteiger partial charge in [-0.05, 0) is 33.1 Å². The highest BCUT2D eigenvalue weighted by atomic mass is 35.5. The maximum atomic E-state index is 12.3. The predicted molar refractivity (Wildman–Crippen MR) is 74.1 cm³/mol. The van der Waals surface area contributed by atoms with E-state index in [1.807, 2.05) is 0 Å². The highest BCUT2D eigenvalue weighted by molar-refractivity contribution is 5.85. The highest BCUT2D eigenvalue weighted by Gasteiger charge is 2.30. The lowest BCUT2D eigenvalue weighted by molar-refractivity contribution is -0.140. The number of hydrogen-bond acceptors (Lipinski definition) is 3. The first-order valence-corrected chi connectivity index (χ1v) is 6.82. The molecule has 2 aliphatic heterocycles. The van der Waals surface area contributed by atoms with Crippen molar-refractivity contribution in [1.29, 1.82) is 0 Å². The smallest absolute Gasteiger partial charge is 0.225 e. The van der Waals surface area contributed by atoms with Crippen LogP contribution in [0.2, 0.25) is 0 Å². The minimum atomic E-state index is 0. The van der Waals surface area contributed by atoms with Crippen molar-refractivity contribution in [2.45, 2.75) is 57.7 Å². The first-order valence-electron chi connectivity index (χ1n) is 6.82. The third-order valence-corrected chi connectivity index (χ3v) is 3.89.